The topological polar surface area (TPSA) is 93.9 Å². The lowest BCUT2D eigenvalue weighted by Gasteiger charge is -2.26. The second-order valence-electron chi connectivity index (χ2n) is 8.58. The van der Waals surface area contributed by atoms with E-state index in [0.29, 0.717) is 55.4 Å². The van der Waals surface area contributed by atoms with E-state index in [0.717, 1.165) is 5.56 Å². The maximum Gasteiger partial charge on any atom is 0.295 e. The number of ether oxygens (including phenoxy) is 2. The lowest BCUT2D eigenvalue weighted by Crippen LogP contribution is -2.31. The molecule has 1 N–H and O–H groups in total. The first-order valence-electron chi connectivity index (χ1n) is 12.1. The number of benzene rings is 2. The molecule has 4 rings (SSSR count). The molecule has 1 aliphatic heterocycles. The largest absolute Gasteiger partial charge is 0.507 e. The number of imidazole rings is 1. The zero-order valence-corrected chi connectivity index (χ0v) is 20.8. The number of rotatable bonds is 10. The monoisotopic (exact) mass is 489 g/mol. The van der Waals surface area contributed by atoms with E-state index in [4.69, 9.17) is 9.47 Å². The summed E-state index contributed by atoms with van der Waals surface area (Å²) in [6, 6.07) is 11.8. The van der Waals surface area contributed by atoms with Gasteiger partial charge in [-0.25, -0.2) is 4.98 Å². The molecule has 0 spiro atoms. The molecule has 0 unspecified atom stereocenters. The molecule has 36 heavy (non-hydrogen) atoms. The van der Waals surface area contributed by atoms with Crippen molar-refractivity contribution >= 4 is 17.4 Å². The van der Waals surface area contributed by atoms with Crippen LogP contribution in [-0.4, -0.2) is 51.0 Å². The van der Waals surface area contributed by atoms with Crippen LogP contribution in [0.15, 0.2) is 66.8 Å². The van der Waals surface area contributed by atoms with Gasteiger partial charge in [0.15, 0.2) is 11.5 Å². The number of hydrogen-bond donors (Lipinski definition) is 1. The standard InChI is InChI=1S/C28H31N3O5/c1-4-35-22-12-11-21(17-23(22)36-5-2)25-24(26(32)20-9-7-19(3)8-10-20)27(33)28(34)31(25)15-6-14-30-16-13-29-18-30/h7-13,16-18,25,32H,4-6,14-15H2,1-3H3/b26-24+/t25-/m1/s1. The second kappa shape index (κ2) is 11.1. The van der Waals surface area contributed by atoms with Crippen LogP contribution in [0.25, 0.3) is 5.76 Å². The number of hydrogen-bond acceptors (Lipinski definition) is 6. The van der Waals surface area contributed by atoms with E-state index in [-0.39, 0.29) is 11.3 Å². The molecule has 8 nitrogen and oxygen atoms in total. The smallest absolute Gasteiger partial charge is 0.295 e. The second-order valence-corrected chi connectivity index (χ2v) is 8.58. The summed E-state index contributed by atoms with van der Waals surface area (Å²) in [5.74, 6) is -0.420. The normalized spacial score (nSPS) is 17.0. The first-order valence-corrected chi connectivity index (χ1v) is 12.1. The Labute approximate surface area is 210 Å². The van der Waals surface area contributed by atoms with E-state index in [2.05, 4.69) is 4.98 Å². The fraction of sp³-hybridized carbons (Fsp3) is 0.321. The van der Waals surface area contributed by atoms with Crippen LogP contribution in [0.2, 0.25) is 0 Å². The zero-order valence-electron chi connectivity index (χ0n) is 20.8. The molecule has 0 aliphatic carbocycles. The molecule has 1 saturated heterocycles. The number of Topliss-reactive ketones (excluding diaryl/α,β-unsaturated/α-hetero) is 1. The van der Waals surface area contributed by atoms with Crippen molar-refractivity contribution in [3.63, 3.8) is 0 Å². The number of ketones is 1. The molecule has 1 aromatic heterocycles. The highest BCUT2D eigenvalue weighted by Gasteiger charge is 2.46. The first-order chi connectivity index (χ1) is 17.4. The van der Waals surface area contributed by atoms with Crippen molar-refractivity contribution in [3.05, 3.63) is 83.4 Å². The Morgan fingerprint density at radius 1 is 1.00 bits per heavy atom. The lowest BCUT2D eigenvalue weighted by molar-refractivity contribution is -0.139. The lowest BCUT2D eigenvalue weighted by atomic mass is 9.94. The van der Waals surface area contributed by atoms with Crippen LogP contribution in [0.5, 0.6) is 11.5 Å². The number of amides is 1. The highest BCUT2D eigenvalue weighted by molar-refractivity contribution is 6.46. The predicted molar refractivity (Wildman–Crippen MR) is 136 cm³/mol. The van der Waals surface area contributed by atoms with Crippen LogP contribution in [0.1, 0.15) is 43.0 Å². The molecule has 2 heterocycles. The predicted octanol–water partition coefficient (Wildman–Crippen LogP) is 4.50. The van der Waals surface area contributed by atoms with Crippen LogP contribution in [0.3, 0.4) is 0 Å². The minimum atomic E-state index is -0.760. The summed E-state index contributed by atoms with van der Waals surface area (Å²) in [6.45, 7) is 7.58. The van der Waals surface area contributed by atoms with Gasteiger partial charge in [0.1, 0.15) is 5.76 Å². The van der Waals surface area contributed by atoms with Crippen molar-refractivity contribution in [2.45, 2.75) is 39.8 Å². The van der Waals surface area contributed by atoms with E-state index >= 15 is 0 Å². The highest BCUT2D eigenvalue weighted by atomic mass is 16.5. The van der Waals surface area contributed by atoms with Crippen LogP contribution < -0.4 is 9.47 Å². The molecular formula is C28H31N3O5. The van der Waals surface area contributed by atoms with E-state index in [9.17, 15) is 14.7 Å². The van der Waals surface area contributed by atoms with Gasteiger partial charge in [0.2, 0.25) is 0 Å². The molecule has 2 aromatic carbocycles. The van der Waals surface area contributed by atoms with Gasteiger partial charge in [0, 0.05) is 31.0 Å². The maximum absolute atomic E-state index is 13.3. The minimum Gasteiger partial charge on any atom is -0.507 e. The van der Waals surface area contributed by atoms with Crippen molar-refractivity contribution in [2.24, 2.45) is 0 Å². The Morgan fingerprint density at radius 2 is 1.72 bits per heavy atom. The van der Waals surface area contributed by atoms with Gasteiger partial charge in [0.05, 0.1) is 31.2 Å². The van der Waals surface area contributed by atoms with Gasteiger partial charge in [-0.2, -0.15) is 0 Å². The number of likely N-dealkylation sites (tertiary alicyclic amines) is 1. The van der Waals surface area contributed by atoms with E-state index in [1.807, 2.05) is 49.7 Å². The number of aliphatic hydroxyl groups excluding tert-OH is 1. The number of aryl methyl sites for hydroxylation is 2. The Balaban J connectivity index is 1.77. The summed E-state index contributed by atoms with van der Waals surface area (Å²) in [4.78, 5) is 32.1. The van der Waals surface area contributed by atoms with Crippen molar-refractivity contribution in [1.82, 2.24) is 14.5 Å². The summed E-state index contributed by atoms with van der Waals surface area (Å²) in [5.41, 5.74) is 2.24. The molecule has 0 bridgehead atoms. The molecule has 3 aromatic rings. The Morgan fingerprint density at radius 3 is 2.39 bits per heavy atom. The van der Waals surface area contributed by atoms with Crippen molar-refractivity contribution < 1.29 is 24.2 Å². The third kappa shape index (κ3) is 5.12. The molecule has 0 radical (unpaired) electrons. The van der Waals surface area contributed by atoms with Crippen molar-refractivity contribution in [2.75, 3.05) is 19.8 Å². The van der Waals surface area contributed by atoms with Gasteiger partial charge in [-0.05, 0) is 44.9 Å². The van der Waals surface area contributed by atoms with Crippen LogP contribution in [0, 0.1) is 6.92 Å². The maximum atomic E-state index is 13.3. The Kier molecular flexibility index (Phi) is 7.73. The third-order valence-corrected chi connectivity index (χ3v) is 6.12. The number of aliphatic hydroxyl groups is 1. The molecule has 1 atom stereocenters. The molecule has 0 saturated carbocycles. The summed E-state index contributed by atoms with van der Waals surface area (Å²) in [5, 5.41) is 11.2. The van der Waals surface area contributed by atoms with Gasteiger partial charge < -0.3 is 24.0 Å². The molecule has 1 amide bonds. The minimum absolute atomic E-state index is 0.0677. The molecular weight excluding hydrogens is 458 g/mol. The summed E-state index contributed by atoms with van der Waals surface area (Å²) in [7, 11) is 0. The number of nitrogens with zero attached hydrogens (tertiary/aromatic N) is 3. The zero-order chi connectivity index (χ0) is 25.7. The van der Waals surface area contributed by atoms with Crippen molar-refractivity contribution in [3.8, 4) is 11.5 Å². The molecule has 1 aliphatic rings. The third-order valence-electron chi connectivity index (χ3n) is 6.12. The van der Waals surface area contributed by atoms with Gasteiger partial charge in [0.25, 0.3) is 11.7 Å². The summed E-state index contributed by atoms with van der Waals surface area (Å²) < 4.78 is 13.4. The highest BCUT2D eigenvalue weighted by Crippen LogP contribution is 2.42. The summed E-state index contributed by atoms with van der Waals surface area (Å²) >= 11 is 0. The number of carbonyl (C=O) groups is 2. The van der Waals surface area contributed by atoms with Crippen LogP contribution in [0.4, 0.5) is 0 Å². The quantitative estimate of drug-likeness (QED) is 0.256. The average molecular weight is 490 g/mol. The Hall–Kier alpha value is -4.07. The van der Waals surface area contributed by atoms with E-state index in [1.54, 1.807) is 36.8 Å². The van der Waals surface area contributed by atoms with E-state index < -0.39 is 17.7 Å². The van der Waals surface area contributed by atoms with Gasteiger partial charge in [-0.3, -0.25) is 9.59 Å². The van der Waals surface area contributed by atoms with Gasteiger partial charge in [-0.1, -0.05) is 35.9 Å². The van der Waals surface area contributed by atoms with Crippen LogP contribution in [-0.2, 0) is 16.1 Å². The number of carbonyl (C=O) groups excluding carboxylic acids is 2. The Bertz CT molecular complexity index is 1250. The van der Waals surface area contributed by atoms with Gasteiger partial charge in [-0.15, -0.1) is 0 Å². The fourth-order valence-electron chi connectivity index (χ4n) is 4.40. The number of aromatic nitrogens is 2. The van der Waals surface area contributed by atoms with Crippen molar-refractivity contribution in [1.29, 1.82) is 0 Å². The summed E-state index contributed by atoms with van der Waals surface area (Å²) in [6.07, 6.45) is 5.87. The molecule has 188 valence electrons. The van der Waals surface area contributed by atoms with Gasteiger partial charge >= 0.3 is 0 Å². The SMILES string of the molecule is CCOc1ccc([C@@H]2/C(=C(\O)c3ccc(C)cc3)C(=O)C(=O)N2CCCn2ccnc2)cc1OCC. The molecule has 1 fully saturated rings. The van der Waals surface area contributed by atoms with Crippen LogP contribution >= 0.6 is 0 Å². The first kappa shape index (κ1) is 25.0. The fourth-order valence-corrected chi connectivity index (χ4v) is 4.40. The molecule has 8 heteroatoms. The van der Waals surface area contributed by atoms with E-state index in [1.165, 1.54) is 4.90 Å². The average Bonchev–Trinajstić information content (AvgIpc) is 3.48.